The molecule has 0 aromatic heterocycles. The molecular weight excluding hydrogens is 208 g/mol. The molecule has 0 fully saturated rings. The number of carboxylic acid groups (broad SMARTS) is 1. The Morgan fingerprint density at radius 2 is 1.91 bits per heavy atom. The van der Waals surface area contributed by atoms with Crippen LogP contribution >= 0.6 is 15.9 Å². The Labute approximate surface area is 74.4 Å². The van der Waals surface area contributed by atoms with Gasteiger partial charge in [0.2, 0.25) is 0 Å². The zero-order valence-corrected chi connectivity index (χ0v) is 7.85. The van der Waals surface area contributed by atoms with Crippen LogP contribution in [0.3, 0.4) is 0 Å². The summed E-state index contributed by atoms with van der Waals surface area (Å²) < 4.78 is 0.891. The summed E-state index contributed by atoms with van der Waals surface area (Å²) in [6.07, 6.45) is 4.87. The first kappa shape index (κ1) is 8.78. The first-order chi connectivity index (χ1) is 5.22. The fraction of sp³-hybridized carbons (Fsp3) is 0.625. The summed E-state index contributed by atoms with van der Waals surface area (Å²) in [5, 5.41) is 8.75. The van der Waals surface area contributed by atoms with Gasteiger partial charge in [-0.25, -0.2) is 4.79 Å². The molecule has 0 aromatic carbocycles. The quantitative estimate of drug-likeness (QED) is 0.736. The average Bonchev–Trinajstić information content (AvgIpc) is 2.13. The molecule has 0 aliphatic heterocycles. The average molecular weight is 219 g/mol. The lowest BCUT2D eigenvalue weighted by Crippen LogP contribution is -2.00. The second kappa shape index (κ2) is 3.90. The van der Waals surface area contributed by atoms with Gasteiger partial charge in [0.15, 0.2) is 0 Å². The minimum absolute atomic E-state index is 0.572. The number of hydrogen-bond donors (Lipinski definition) is 1. The van der Waals surface area contributed by atoms with E-state index >= 15 is 0 Å². The molecule has 3 heteroatoms. The lowest BCUT2D eigenvalue weighted by molar-refractivity contribution is -0.132. The van der Waals surface area contributed by atoms with Gasteiger partial charge in [-0.3, -0.25) is 0 Å². The van der Waals surface area contributed by atoms with Gasteiger partial charge >= 0.3 is 5.97 Å². The molecule has 0 saturated heterocycles. The van der Waals surface area contributed by atoms with E-state index in [1.54, 1.807) is 0 Å². The second-order valence-corrected chi connectivity index (χ2v) is 3.71. The highest BCUT2D eigenvalue weighted by atomic mass is 79.9. The number of halogens is 1. The van der Waals surface area contributed by atoms with Gasteiger partial charge in [0.25, 0.3) is 0 Å². The minimum atomic E-state index is -0.765. The normalized spacial score (nSPS) is 19.7. The second-order valence-electron chi connectivity index (χ2n) is 2.75. The van der Waals surface area contributed by atoms with Crippen LogP contribution in [0.2, 0.25) is 0 Å². The van der Waals surface area contributed by atoms with Crippen LogP contribution in [0.5, 0.6) is 0 Å². The standard InChI is InChI=1S/C8H11BrO2/c9-7-5-3-1-2-4-6(7)8(10)11/h1-5H2,(H,10,11). The molecule has 0 spiro atoms. The van der Waals surface area contributed by atoms with E-state index in [1.807, 2.05) is 0 Å². The molecule has 0 radical (unpaired) electrons. The third-order valence-electron chi connectivity index (χ3n) is 1.91. The van der Waals surface area contributed by atoms with Crippen LogP contribution in [-0.4, -0.2) is 11.1 Å². The van der Waals surface area contributed by atoms with Gasteiger partial charge in [-0.05, 0) is 25.7 Å². The van der Waals surface area contributed by atoms with Crippen molar-refractivity contribution in [2.45, 2.75) is 32.1 Å². The molecule has 62 valence electrons. The van der Waals surface area contributed by atoms with Crippen LogP contribution in [0, 0.1) is 0 Å². The number of carbonyl (C=O) groups is 1. The summed E-state index contributed by atoms with van der Waals surface area (Å²) in [5.74, 6) is -0.765. The van der Waals surface area contributed by atoms with Crippen molar-refractivity contribution < 1.29 is 9.90 Å². The van der Waals surface area contributed by atoms with Gasteiger partial charge in [-0.2, -0.15) is 0 Å². The van der Waals surface area contributed by atoms with E-state index in [1.165, 1.54) is 0 Å². The van der Waals surface area contributed by atoms with Crippen LogP contribution in [0.25, 0.3) is 0 Å². The highest BCUT2D eigenvalue weighted by Gasteiger charge is 2.14. The van der Waals surface area contributed by atoms with Gasteiger partial charge in [0, 0.05) is 10.1 Å². The predicted molar refractivity (Wildman–Crippen MR) is 46.7 cm³/mol. The molecule has 1 aliphatic rings. The Bertz CT molecular complexity index is 196. The lowest BCUT2D eigenvalue weighted by Gasteiger charge is -1.99. The van der Waals surface area contributed by atoms with E-state index in [0.717, 1.165) is 36.6 Å². The van der Waals surface area contributed by atoms with Gasteiger partial charge < -0.3 is 5.11 Å². The van der Waals surface area contributed by atoms with Crippen molar-refractivity contribution in [3.63, 3.8) is 0 Å². The van der Waals surface area contributed by atoms with Crippen LogP contribution in [0.15, 0.2) is 10.1 Å². The van der Waals surface area contributed by atoms with Crippen molar-refractivity contribution in [2.75, 3.05) is 0 Å². The highest BCUT2D eigenvalue weighted by molar-refractivity contribution is 9.11. The smallest absolute Gasteiger partial charge is 0.332 e. The number of hydrogen-bond acceptors (Lipinski definition) is 1. The van der Waals surface area contributed by atoms with E-state index in [-0.39, 0.29) is 0 Å². The summed E-state index contributed by atoms with van der Waals surface area (Å²) >= 11 is 3.30. The van der Waals surface area contributed by atoms with Gasteiger partial charge in [0.1, 0.15) is 0 Å². The van der Waals surface area contributed by atoms with Crippen LogP contribution in [0.4, 0.5) is 0 Å². The van der Waals surface area contributed by atoms with E-state index in [0.29, 0.717) is 5.57 Å². The van der Waals surface area contributed by atoms with E-state index in [4.69, 9.17) is 5.11 Å². The van der Waals surface area contributed by atoms with Gasteiger partial charge in [-0.1, -0.05) is 22.4 Å². The number of aliphatic carboxylic acids is 1. The molecule has 1 rings (SSSR count). The Hall–Kier alpha value is -0.310. The zero-order chi connectivity index (χ0) is 8.27. The van der Waals surface area contributed by atoms with Crippen molar-refractivity contribution >= 4 is 21.9 Å². The van der Waals surface area contributed by atoms with Crippen LogP contribution in [0.1, 0.15) is 32.1 Å². The maximum Gasteiger partial charge on any atom is 0.332 e. The third-order valence-corrected chi connectivity index (χ3v) is 2.78. The molecule has 1 aliphatic carbocycles. The topological polar surface area (TPSA) is 37.3 Å². The summed E-state index contributed by atoms with van der Waals surface area (Å²) in [6.45, 7) is 0. The molecule has 0 bridgehead atoms. The monoisotopic (exact) mass is 218 g/mol. The molecule has 0 atom stereocenters. The third kappa shape index (κ3) is 2.33. The Morgan fingerprint density at radius 1 is 1.27 bits per heavy atom. The fourth-order valence-electron chi connectivity index (χ4n) is 1.27. The number of rotatable bonds is 1. The van der Waals surface area contributed by atoms with E-state index in [9.17, 15) is 4.79 Å². The molecule has 1 N–H and O–H groups in total. The zero-order valence-electron chi connectivity index (χ0n) is 6.27. The van der Waals surface area contributed by atoms with E-state index < -0.39 is 5.97 Å². The van der Waals surface area contributed by atoms with Crippen LogP contribution < -0.4 is 0 Å². The molecule has 11 heavy (non-hydrogen) atoms. The maximum atomic E-state index is 10.6. The van der Waals surface area contributed by atoms with Crippen LogP contribution in [-0.2, 0) is 4.79 Å². The highest BCUT2D eigenvalue weighted by Crippen LogP contribution is 2.27. The summed E-state index contributed by atoms with van der Waals surface area (Å²) in [6, 6.07) is 0. The maximum absolute atomic E-state index is 10.6. The number of carboxylic acids is 1. The predicted octanol–water partition coefficient (Wildman–Crippen LogP) is 2.68. The van der Waals surface area contributed by atoms with Crippen molar-refractivity contribution in [3.8, 4) is 0 Å². The largest absolute Gasteiger partial charge is 0.478 e. The van der Waals surface area contributed by atoms with Crippen molar-refractivity contribution in [3.05, 3.63) is 10.1 Å². The van der Waals surface area contributed by atoms with Crippen molar-refractivity contribution in [2.24, 2.45) is 0 Å². The SMILES string of the molecule is O=C(O)C1=C(Br)CCCCC1. The fourth-order valence-corrected chi connectivity index (χ4v) is 1.92. The molecule has 0 aromatic rings. The molecule has 2 nitrogen and oxygen atoms in total. The Kier molecular flexibility index (Phi) is 3.12. The Morgan fingerprint density at radius 3 is 2.55 bits per heavy atom. The lowest BCUT2D eigenvalue weighted by atomic mass is 10.1. The molecule has 0 unspecified atom stereocenters. The van der Waals surface area contributed by atoms with Gasteiger partial charge in [-0.15, -0.1) is 0 Å². The molecular formula is C8H11BrO2. The van der Waals surface area contributed by atoms with Crippen molar-refractivity contribution in [1.82, 2.24) is 0 Å². The molecule has 0 amide bonds. The summed E-state index contributed by atoms with van der Waals surface area (Å²) in [4.78, 5) is 10.6. The van der Waals surface area contributed by atoms with Crippen molar-refractivity contribution in [1.29, 1.82) is 0 Å². The molecule has 0 heterocycles. The molecule has 0 saturated carbocycles. The first-order valence-corrected chi connectivity index (χ1v) is 4.62. The summed E-state index contributed by atoms with van der Waals surface area (Å²) in [5.41, 5.74) is 0.572. The van der Waals surface area contributed by atoms with Gasteiger partial charge in [0.05, 0.1) is 0 Å². The van der Waals surface area contributed by atoms with E-state index in [2.05, 4.69) is 15.9 Å². The Balaban J connectivity index is 2.76. The number of allylic oxidation sites excluding steroid dienone is 1. The summed E-state index contributed by atoms with van der Waals surface area (Å²) in [7, 11) is 0. The minimum Gasteiger partial charge on any atom is -0.478 e. The first-order valence-electron chi connectivity index (χ1n) is 3.82.